The van der Waals surface area contributed by atoms with Crippen LogP contribution in [0.4, 0.5) is 0 Å². The van der Waals surface area contributed by atoms with E-state index in [2.05, 4.69) is 0 Å². The Morgan fingerprint density at radius 3 is 2.55 bits per heavy atom. The first-order valence-electron chi connectivity index (χ1n) is 6.95. The SMILES string of the molecule is CN1[C@@H]2CN(S(=O)(=O)c3ccccc3)C[C@@H]2OCCS1(=O)=O. The van der Waals surface area contributed by atoms with E-state index in [1.54, 1.807) is 18.2 Å². The van der Waals surface area contributed by atoms with Gasteiger partial charge in [-0.1, -0.05) is 18.2 Å². The van der Waals surface area contributed by atoms with E-state index in [0.717, 1.165) is 0 Å². The molecule has 1 aromatic carbocycles. The van der Waals surface area contributed by atoms with Crippen molar-refractivity contribution >= 4 is 20.0 Å². The smallest absolute Gasteiger partial charge is 0.243 e. The molecule has 3 rings (SSSR count). The molecule has 1 aromatic rings. The first-order chi connectivity index (χ1) is 10.3. The van der Waals surface area contributed by atoms with Crippen molar-refractivity contribution in [3.63, 3.8) is 0 Å². The summed E-state index contributed by atoms with van der Waals surface area (Å²) in [7, 11) is -5.55. The van der Waals surface area contributed by atoms with Gasteiger partial charge >= 0.3 is 0 Å². The maximum atomic E-state index is 12.6. The van der Waals surface area contributed by atoms with Crippen LogP contribution in [0.25, 0.3) is 0 Å². The van der Waals surface area contributed by atoms with Crippen molar-refractivity contribution in [3.8, 4) is 0 Å². The molecule has 2 aliphatic heterocycles. The lowest BCUT2D eigenvalue weighted by Gasteiger charge is -2.23. The summed E-state index contributed by atoms with van der Waals surface area (Å²) in [6.45, 7) is 0.368. The molecule has 2 fully saturated rings. The number of sulfonamides is 2. The fourth-order valence-electron chi connectivity index (χ4n) is 2.83. The molecule has 0 spiro atoms. The second-order valence-electron chi connectivity index (χ2n) is 5.44. The molecule has 9 heteroatoms. The van der Waals surface area contributed by atoms with Gasteiger partial charge in [0, 0.05) is 20.1 Å². The van der Waals surface area contributed by atoms with E-state index >= 15 is 0 Å². The second kappa shape index (κ2) is 5.57. The zero-order chi connectivity index (χ0) is 16.0. The summed E-state index contributed by atoms with van der Waals surface area (Å²) in [6.07, 6.45) is -0.430. The van der Waals surface area contributed by atoms with Crippen LogP contribution >= 0.6 is 0 Å². The highest BCUT2D eigenvalue weighted by molar-refractivity contribution is 7.89. The number of nitrogens with zero attached hydrogens (tertiary/aromatic N) is 2. The number of ether oxygens (including phenoxy) is 1. The van der Waals surface area contributed by atoms with Crippen LogP contribution in [0.2, 0.25) is 0 Å². The lowest BCUT2D eigenvalue weighted by molar-refractivity contribution is 0.0527. The predicted molar refractivity (Wildman–Crippen MR) is 80.3 cm³/mol. The first kappa shape index (κ1) is 15.9. The van der Waals surface area contributed by atoms with Gasteiger partial charge in [0.25, 0.3) is 0 Å². The molecule has 0 amide bonds. The van der Waals surface area contributed by atoms with Crippen LogP contribution in [0.1, 0.15) is 0 Å². The van der Waals surface area contributed by atoms with Crippen molar-refractivity contribution < 1.29 is 21.6 Å². The van der Waals surface area contributed by atoms with Crippen LogP contribution in [-0.4, -0.2) is 70.1 Å². The third-order valence-corrected chi connectivity index (χ3v) is 7.84. The highest BCUT2D eigenvalue weighted by Crippen LogP contribution is 2.28. The summed E-state index contributed by atoms with van der Waals surface area (Å²) in [5.74, 6) is -0.0675. The molecular formula is C13H18N2O5S2. The minimum absolute atomic E-state index is 0.0675. The van der Waals surface area contributed by atoms with Crippen molar-refractivity contribution in [1.29, 1.82) is 0 Å². The third kappa shape index (κ3) is 2.67. The molecule has 122 valence electrons. The summed E-state index contributed by atoms with van der Waals surface area (Å²) in [5.41, 5.74) is 0. The van der Waals surface area contributed by atoms with Gasteiger partial charge in [0.1, 0.15) is 0 Å². The van der Waals surface area contributed by atoms with Gasteiger partial charge in [0.2, 0.25) is 20.0 Å². The van der Waals surface area contributed by atoms with Crippen molar-refractivity contribution in [1.82, 2.24) is 8.61 Å². The fourth-order valence-corrected chi connectivity index (χ4v) is 5.53. The molecule has 0 aromatic heterocycles. The Labute approximate surface area is 130 Å². The lowest BCUT2D eigenvalue weighted by Crippen LogP contribution is -2.43. The maximum Gasteiger partial charge on any atom is 0.243 e. The summed E-state index contributed by atoms with van der Waals surface area (Å²) in [5, 5.41) is 0. The van der Waals surface area contributed by atoms with Gasteiger partial charge in [0.05, 0.1) is 29.4 Å². The van der Waals surface area contributed by atoms with Gasteiger partial charge in [-0.3, -0.25) is 0 Å². The Morgan fingerprint density at radius 1 is 1.18 bits per heavy atom. The third-order valence-electron chi connectivity index (χ3n) is 4.16. The quantitative estimate of drug-likeness (QED) is 0.735. The number of fused-ring (bicyclic) bond motifs is 1. The van der Waals surface area contributed by atoms with E-state index < -0.39 is 32.2 Å². The van der Waals surface area contributed by atoms with Gasteiger partial charge < -0.3 is 4.74 Å². The van der Waals surface area contributed by atoms with E-state index in [-0.39, 0.29) is 30.3 Å². The van der Waals surface area contributed by atoms with Crippen molar-refractivity contribution in [2.45, 2.75) is 17.0 Å². The lowest BCUT2D eigenvalue weighted by atomic mass is 10.2. The molecule has 7 nitrogen and oxygen atoms in total. The fraction of sp³-hybridized carbons (Fsp3) is 0.538. The van der Waals surface area contributed by atoms with Gasteiger partial charge in [-0.15, -0.1) is 0 Å². The molecule has 2 saturated heterocycles. The van der Waals surface area contributed by atoms with Crippen LogP contribution in [0.3, 0.4) is 0 Å². The van der Waals surface area contributed by atoms with E-state index in [1.807, 2.05) is 0 Å². The first-order valence-corrected chi connectivity index (χ1v) is 10.00. The second-order valence-corrected chi connectivity index (χ2v) is 9.53. The molecule has 0 N–H and O–H groups in total. The number of benzene rings is 1. The average molecular weight is 346 g/mol. The Balaban J connectivity index is 1.89. The van der Waals surface area contributed by atoms with E-state index in [4.69, 9.17) is 4.74 Å². The Bertz CT molecular complexity index is 748. The van der Waals surface area contributed by atoms with Crippen LogP contribution < -0.4 is 0 Å². The van der Waals surface area contributed by atoms with E-state index in [0.29, 0.717) is 0 Å². The standard InChI is InChI=1S/C13H18N2O5S2/c1-14-12-9-15(10-13(12)20-7-8-21(14,16)17)22(18,19)11-5-3-2-4-6-11/h2-6,12-13H,7-10H2,1H3/t12-,13+/m1/s1. The van der Waals surface area contributed by atoms with Gasteiger partial charge in [-0.05, 0) is 12.1 Å². The molecule has 2 aliphatic rings. The highest BCUT2D eigenvalue weighted by Gasteiger charge is 2.46. The minimum atomic E-state index is -3.64. The largest absolute Gasteiger partial charge is 0.374 e. The summed E-state index contributed by atoms with van der Waals surface area (Å²) in [6, 6.07) is 7.65. The highest BCUT2D eigenvalue weighted by atomic mass is 32.2. The molecule has 2 atom stereocenters. The molecule has 0 bridgehead atoms. The Kier molecular flexibility index (Phi) is 4.02. The molecule has 2 heterocycles. The van der Waals surface area contributed by atoms with Gasteiger partial charge in [0.15, 0.2) is 0 Å². The molecule has 22 heavy (non-hydrogen) atoms. The Hall–Kier alpha value is -1.00. The van der Waals surface area contributed by atoms with Crippen LogP contribution in [0.5, 0.6) is 0 Å². The molecule has 0 radical (unpaired) electrons. The number of likely N-dealkylation sites (N-methyl/N-ethyl adjacent to an activating group) is 1. The summed E-state index contributed by atoms with van der Waals surface area (Å²) in [4.78, 5) is 0.206. The predicted octanol–water partition coefficient (Wildman–Crippen LogP) is -0.280. The molecule has 0 saturated carbocycles. The van der Waals surface area contributed by atoms with Crippen molar-refractivity contribution in [3.05, 3.63) is 30.3 Å². The zero-order valence-corrected chi connectivity index (χ0v) is 13.8. The monoisotopic (exact) mass is 346 g/mol. The number of hydrogen-bond acceptors (Lipinski definition) is 5. The zero-order valence-electron chi connectivity index (χ0n) is 12.1. The summed E-state index contributed by atoms with van der Waals surface area (Å²) >= 11 is 0. The minimum Gasteiger partial charge on any atom is -0.374 e. The molecule has 0 unspecified atom stereocenters. The van der Waals surface area contributed by atoms with Crippen LogP contribution in [0, 0.1) is 0 Å². The molecule has 0 aliphatic carbocycles. The van der Waals surface area contributed by atoms with E-state index in [9.17, 15) is 16.8 Å². The van der Waals surface area contributed by atoms with Gasteiger partial charge in [-0.2, -0.15) is 8.61 Å². The maximum absolute atomic E-state index is 12.6. The average Bonchev–Trinajstić information content (AvgIpc) is 2.88. The van der Waals surface area contributed by atoms with Gasteiger partial charge in [-0.25, -0.2) is 16.8 Å². The van der Waals surface area contributed by atoms with Crippen LogP contribution in [0.15, 0.2) is 35.2 Å². The number of hydrogen-bond donors (Lipinski definition) is 0. The van der Waals surface area contributed by atoms with Crippen molar-refractivity contribution in [2.24, 2.45) is 0 Å². The topological polar surface area (TPSA) is 84.0 Å². The summed E-state index contributed by atoms with van der Waals surface area (Å²) < 4.78 is 57.5. The van der Waals surface area contributed by atoms with E-state index in [1.165, 1.54) is 27.8 Å². The Morgan fingerprint density at radius 2 is 1.86 bits per heavy atom. The van der Waals surface area contributed by atoms with Crippen molar-refractivity contribution in [2.75, 3.05) is 32.5 Å². The molecular weight excluding hydrogens is 328 g/mol. The number of rotatable bonds is 2. The normalized spacial score (nSPS) is 29.9. The van der Waals surface area contributed by atoms with Crippen LogP contribution in [-0.2, 0) is 24.8 Å².